The molecule has 11 heteroatoms. The van der Waals surface area contributed by atoms with Gasteiger partial charge in [0.1, 0.15) is 0 Å². The van der Waals surface area contributed by atoms with Gasteiger partial charge in [0.2, 0.25) is 0 Å². The van der Waals surface area contributed by atoms with Crippen LogP contribution >= 0.6 is 65.9 Å². The lowest BCUT2D eigenvalue weighted by Gasteiger charge is -2.32. The number of rotatable bonds is 6. The van der Waals surface area contributed by atoms with Crippen molar-refractivity contribution in [1.29, 1.82) is 0 Å². The summed E-state index contributed by atoms with van der Waals surface area (Å²) in [4.78, 5) is 14.7. The van der Waals surface area contributed by atoms with Crippen LogP contribution in [0.2, 0.25) is 0 Å². The first-order valence-electron chi connectivity index (χ1n) is 29.2. The van der Waals surface area contributed by atoms with E-state index in [0.717, 1.165) is 53.7 Å². The Morgan fingerprint density at radius 1 is 0.330 bits per heavy atom. The minimum Gasteiger partial charge on any atom is -0.399 e. The maximum Gasteiger partial charge on any atom is 0.496 e. The molecule has 0 atom stereocenters. The van der Waals surface area contributed by atoms with Crippen molar-refractivity contribution in [1.82, 2.24) is 15.0 Å². The van der Waals surface area contributed by atoms with E-state index in [-0.39, 0.29) is 18.3 Å². The van der Waals surface area contributed by atoms with Crippen LogP contribution in [0.4, 0.5) is 0 Å². The number of nitrogens with zero attached hydrogens (tertiary/aromatic N) is 3. The maximum atomic E-state index is 6.15. The monoisotopic (exact) mass is 1320 g/mol. The van der Waals surface area contributed by atoms with Crippen molar-refractivity contribution in [3.05, 3.63) is 264 Å². The van der Waals surface area contributed by atoms with Crippen LogP contribution in [0.3, 0.4) is 0 Å². The Bertz CT molecular complexity index is 5090. The van der Waals surface area contributed by atoms with Crippen LogP contribution in [0.1, 0.15) is 27.7 Å². The van der Waals surface area contributed by atoms with Crippen molar-refractivity contribution < 1.29 is 9.31 Å². The highest BCUT2D eigenvalue weighted by Gasteiger charge is 2.51. The average Bonchev–Trinajstić information content (AvgIpc) is 1.74. The van der Waals surface area contributed by atoms with Gasteiger partial charge in [-0.05, 0) is 133 Å². The molecule has 0 radical (unpaired) electrons. The first-order valence-corrected chi connectivity index (χ1v) is 33.3. The van der Waals surface area contributed by atoms with Crippen molar-refractivity contribution in [2.75, 3.05) is 0 Å². The third kappa shape index (κ3) is 10.6. The van der Waals surface area contributed by atoms with Crippen molar-refractivity contribution in [2.45, 2.75) is 38.9 Å². The van der Waals surface area contributed by atoms with E-state index >= 15 is 0 Å². The molecule has 1 aliphatic rings. The zero-order valence-corrected chi connectivity index (χ0v) is 54.1. The number of halogens is 2. The third-order valence-electron chi connectivity index (χ3n) is 17.2. The fraction of sp³-hybridized carbons (Fsp3) is 0.0779. The van der Waals surface area contributed by atoms with Crippen LogP contribution in [0.15, 0.2) is 264 Å². The van der Waals surface area contributed by atoms with Gasteiger partial charge in [-0.25, -0.2) is 0 Å². The van der Waals surface area contributed by atoms with Gasteiger partial charge < -0.3 is 9.31 Å². The highest BCUT2D eigenvalue weighted by atomic mass is 79.9. The summed E-state index contributed by atoms with van der Waals surface area (Å²) in [6.45, 7) is 8.27. The van der Waals surface area contributed by atoms with Gasteiger partial charge in [-0.2, -0.15) is 0 Å². The summed E-state index contributed by atoms with van der Waals surface area (Å²) in [6, 6.07) is 84.0. The SMILES string of the molecule is Brc1ccc2ccc(Br)cc2c1.CC1(C)OB(c2ccc(-c3cccc4c3sc3ccccc34)nc2)OC1(C)C.c1ccc2c(c1)sc1c(-c3ccc(-c4ccc5ccc(-c6ccc(-c7cccc8c7sc7ccccc78)nc6)cc5c4)cn3)cccc12. The molecule has 1 aliphatic heterocycles. The molecule has 1 saturated heterocycles. The molecule has 0 unspecified atom stereocenters. The first kappa shape index (κ1) is 56.3. The molecular weight excluding hydrogens is 1270 g/mol. The van der Waals surface area contributed by atoms with E-state index in [2.05, 4.69) is 296 Å². The van der Waals surface area contributed by atoms with Crippen LogP contribution < -0.4 is 5.46 Å². The summed E-state index contributed by atoms with van der Waals surface area (Å²) < 4.78 is 22.3. The molecule has 1 fully saturated rings. The molecule has 0 N–H and O–H groups in total. The lowest BCUT2D eigenvalue weighted by molar-refractivity contribution is 0.00578. The normalized spacial score (nSPS) is 13.6. The topological polar surface area (TPSA) is 57.1 Å². The summed E-state index contributed by atoms with van der Waals surface area (Å²) in [5.41, 5.74) is 11.3. The molecule has 16 aromatic rings. The third-order valence-corrected chi connectivity index (χ3v) is 21.8. The molecule has 0 saturated carbocycles. The molecule has 5 nitrogen and oxygen atoms in total. The van der Waals surface area contributed by atoms with Gasteiger partial charge in [0.25, 0.3) is 0 Å². The number of hydrogen-bond donors (Lipinski definition) is 0. The predicted octanol–water partition coefficient (Wildman–Crippen LogP) is 22.8. The summed E-state index contributed by atoms with van der Waals surface area (Å²) in [5, 5.41) is 12.7. The first-order chi connectivity index (χ1) is 42.9. The highest BCUT2D eigenvalue weighted by Crippen LogP contribution is 2.43. The van der Waals surface area contributed by atoms with Gasteiger partial charge in [-0.15, -0.1) is 34.0 Å². The van der Waals surface area contributed by atoms with E-state index in [0.29, 0.717) is 0 Å². The molecule has 7 heterocycles. The number of aromatic nitrogens is 3. The van der Waals surface area contributed by atoms with Crippen LogP contribution in [-0.4, -0.2) is 33.3 Å². The Hall–Kier alpha value is -8.23. The largest absolute Gasteiger partial charge is 0.496 e. The fourth-order valence-corrected chi connectivity index (χ4v) is 16.2. The summed E-state index contributed by atoms with van der Waals surface area (Å²) in [7, 11) is -0.383. The van der Waals surface area contributed by atoms with Crippen LogP contribution in [0, 0.1) is 0 Å². The molecule has 0 bridgehead atoms. The molecule has 10 aromatic carbocycles. The van der Waals surface area contributed by atoms with Crippen molar-refractivity contribution >= 4 is 161 Å². The Morgan fingerprint density at radius 2 is 0.682 bits per heavy atom. The zero-order chi connectivity index (χ0) is 59.7. The minimum atomic E-state index is -0.383. The smallest absolute Gasteiger partial charge is 0.399 e. The van der Waals surface area contributed by atoms with E-state index in [1.54, 1.807) is 0 Å². The van der Waals surface area contributed by atoms with E-state index < -0.39 is 0 Å². The van der Waals surface area contributed by atoms with E-state index in [1.165, 1.54) is 98.8 Å². The minimum absolute atomic E-state index is 0.348. The Labute approximate surface area is 539 Å². The van der Waals surface area contributed by atoms with Gasteiger partial charge in [0, 0.05) is 121 Å². The summed E-state index contributed by atoms with van der Waals surface area (Å²) >= 11 is 12.4. The average molecular weight is 1320 g/mol. The van der Waals surface area contributed by atoms with Crippen molar-refractivity contribution in [3.63, 3.8) is 0 Å². The molecule has 88 heavy (non-hydrogen) atoms. The predicted molar refractivity (Wildman–Crippen MR) is 385 cm³/mol. The second-order valence-electron chi connectivity index (χ2n) is 23.2. The second kappa shape index (κ2) is 23.1. The van der Waals surface area contributed by atoms with Crippen LogP contribution in [-0.2, 0) is 9.31 Å². The van der Waals surface area contributed by atoms with Gasteiger partial charge in [0.05, 0.1) is 28.3 Å². The fourth-order valence-electron chi connectivity index (χ4n) is 11.8. The Morgan fingerprint density at radius 3 is 1.07 bits per heavy atom. The summed E-state index contributed by atoms with van der Waals surface area (Å²) in [6.07, 6.45) is 5.89. The lowest BCUT2D eigenvalue weighted by Crippen LogP contribution is -2.41. The molecule has 0 spiro atoms. The molecular formula is C77H54BBr2N3O2S3. The van der Waals surface area contributed by atoms with E-state index in [1.807, 2.05) is 52.6 Å². The van der Waals surface area contributed by atoms with Crippen LogP contribution in [0.25, 0.3) is 138 Å². The number of fused-ring (bicyclic) bond motifs is 11. The van der Waals surface area contributed by atoms with Gasteiger partial charge in [-0.3, -0.25) is 15.0 Å². The van der Waals surface area contributed by atoms with Crippen molar-refractivity contribution in [2.24, 2.45) is 0 Å². The van der Waals surface area contributed by atoms with Gasteiger partial charge in [-0.1, -0.05) is 196 Å². The lowest BCUT2D eigenvalue weighted by atomic mass is 9.80. The standard InChI is InChI=1S/C44H26N2S2.C23H22BNO2S.C10H6Br2/c1-3-13-41-33(7-1)35-9-5-11-37(43(35)47-41)39-21-19-30(25-45-39)28-17-15-27-16-18-29(24-32(27)23-28)31-20-22-40(46-26-31)38-12-6-10-36-34-8-2-4-14-42(34)48-44(36)38;1-22(2)23(3,4)27-24(26-22)15-12-13-19(25-14-15)18-10-7-9-17-16-8-5-6-11-20(16)28-21(17)18;11-9-3-1-7-2-4-10(12)6-8(7)5-9/h1-26H;5-14H,1-4H3;1-6H. The van der Waals surface area contributed by atoms with E-state index in [9.17, 15) is 0 Å². The summed E-state index contributed by atoms with van der Waals surface area (Å²) in [5.74, 6) is 0. The molecule has 0 aliphatic carbocycles. The maximum absolute atomic E-state index is 6.15. The molecule has 6 aromatic heterocycles. The zero-order valence-electron chi connectivity index (χ0n) is 48.5. The number of hydrogen-bond acceptors (Lipinski definition) is 8. The number of benzene rings is 10. The molecule has 17 rings (SSSR count). The van der Waals surface area contributed by atoms with Gasteiger partial charge >= 0.3 is 7.12 Å². The Balaban J connectivity index is 0.000000136. The number of pyridine rings is 3. The highest BCUT2D eigenvalue weighted by molar-refractivity contribution is 9.10. The second-order valence-corrected chi connectivity index (χ2v) is 28.2. The van der Waals surface area contributed by atoms with Crippen molar-refractivity contribution in [3.8, 4) is 56.0 Å². The van der Waals surface area contributed by atoms with Crippen LogP contribution in [0.5, 0.6) is 0 Å². The molecule has 424 valence electrons. The number of thiophene rings is 3. The van der Waals surface area contributed by atoms with Gasteiger partial charge in [0.15, 0.2) is 0 Å². The molecule has 0 amide bonds. The Kier molecular flexibility index (Phi) is 14.7. The van der Waals surface area contributed by atoms with E-state index in [4.69, 9.17) is 24.3 Å². The quantitative estimate of drug-likeness (QED) is 0.155.